The van der Waals surface area contributed by atoms with Gasteiger partial charge in [-0.05, 0) is 73.0 Å². The Hall–Kier alpha value is -1.56. The molecule has 33 heavy (non-hydrogen) atoms. The Kier molecular flexibility index (Phi) is 11.7. The Morgan fingerprint density at radius 2 is 1.06 bits per heavy atom. The third-order valence-corrected chi connectivity index (χ3v) is 5.31. The van der Waals surface area contributed by atoms with E-state index in [4.69, 9.17) is 0 Å². The summed E-state index contributed by atoms with van der Waals surface area (Å²) in [6.45, 7) is 4.23. The summed E-state index contributed by atoms with van der Waals surface area (Å²) in [4.78, 5) is 0. The minimum absolute atomic E-state index is 0. The van der Waals surface area contributed by atoms with Gasteiger partial charge in [-0.15, -0.1) is 5.56 Å². The van der Waals surface area contributed by atoms with Gasteiger partial charge in [0, 0.05) is 71.3 Å². The molecule has 156 valence electrons. The molecule has 0 atom stereocenters. The van der Waals surface area contributed by atoms with Crippen molar-refractivity contribution >= 4 is 5.57 Å². The van der Waals surface area contributed by atoms with Crippen LogP contribution in [0.5, 0.6) is 0 Å². The van der Waals surface area contributed by atoms with Crippen LogP contribution in [-0.2, 0) is 65.4 Å². The first-order chi connectivity index (χ1) is 15.2. The van der Waals surface area contributed by atoms with Gasteiger partial charge in [0.2, 0.25) is 0 Å². The van der Waals surface area contributed by atoms with Crippen molar-refractivity contribution in [3.05, 3.63) is 167 Å². The largest absolute Gasteiger partial charge is 0.184 e. The second-order valence-electron chi connectivity index (χ2n) is 7.66. The van der Waals surface area contributed by atoms with Crippen LogP contribution < -0.4 is 0 Å². The summed E-state index contributed by atoms with van der Waals surface area (Å²) in [6, 6.07) is 39.9. The van der Waals surface area contributed by atoms with Crippen LogP contribution in [0.4, 0.5) is 0 Å². The Morgan fingerprint density at radius 3 is 1.64 bits per heavy atom. The van der Waals surface area contributed by atoms with E-state index in [1.807, 2.05) is 24.3 Å². The number of aryl methyl sites for hydroxylation is 2. The van der Waals surface area contributed by atoms with Crippen LogP contribution in [0.15, 0.2) is 115 Å². The van der Waals surface area contributed by atoms with Gasteiger partial charge in [-0.3, -0.25) is 0 Å². The van der Waals surface area contributed by atoms with Crippen molar-refractivity contribution in [2.45, 2.75) is 13.8 Å². The fraction of sp³-hybridized carbons (Fsp3) is 0.0645. The molecule has 0 saturated carbocycles. The molecule has 4 aromatic rings. The zero-order valence-electron chi connectivity index (χ0n) is 19.1. The van der Waals surface area contributed by atoms with Crippen molar-refractivity contribution in [2.75, 3.05) is 0 Å². The van der Waals surface area contributed by atoms with Gasteiger partial charge in [0.15, 0.2) is 0 Å². The SMILES string of the molecule is Cc1ccc(C(=CC=C[C+](c2cc[c-]cc2)c2ccc(C)cc2)c2cc[c-]cc2)cc1.[Y].[Y]. The fourth-order valence-electron chi connectivity index (χ4n) is 3.56. The first-order valence-corrected chi connectivity index (χ1v) is 10.5. The molecule has 0 heterocycles. The van der Waals surface area contributed by atoms with Crippen molar-refractivity contribution in [3.63, 3.8) is 0 Å². The van der Waals surface area contributed by atoms with Gasteiger partial charge in [0.05, 0.1) is 5.56 Å². The van der Waals surface area contributed by atoms with Crippen molar-refractivity contribution in [1.29, 1.82) is 0 Å². The topological polar surface area (TPSA) is 0 Å². The molecule has 0 spiro atoms. The molecule has 0 N–H and O–H groups in total. The van der Waals surface area contributed by atoms with Gasteiger partial charge < -0.3 is 0 Å². The minimum Gasteiger partial charge on any atom is -0.184 e. The molecule has 0 aromatic heterocycles. The van der Waals surface area contributed by atoms with E-state index in [9.17, 15) is 0 Å². The number of rotatable bonds is 6. The van der Waals surface area contributed by atoms with Crippen LogP contribution >= 0.6 is 0 Å². The Balaban J connectivity index is 0.00000193. The van der Waals surface area contributed by atoms with E-state index < -0.39 is 0 Å². The molecular formula is C31H25Y2-. The predicted molar refractivity (Wildman–Crippen MR) is 131 cm³/mol. The zero-order chi connectivity index (χ0) is 21.5. The quantitative estimate of drug-likeness (QED) is 0.165. The van der Waals surface area contributed by atoms with Gasteiger partial charge in [0.1, 0.15) is 0 Å². The Bertz CT molecular complexity index is 1160. The van der Waals surface area contributed by atoms with E-state index >= 15 is 0 Å². The van der Waals surface area contributed by atoms with Gasteiger partial charge in [-0.2, -0.15) is 60.7 Å². The average Bonchev–Trinajstić information content (AvgIpc) is 2.82. The summed E-state index contributed by atoms with van der Waals surface area (Å²) in [7, 11) is 0. The van der Waals surface area contributed by atoms with E-state index in [1.54, 1.807) is 0 Å². The third-order valence-electron chi connectivity index (χ3n) is 5.31. The Labute approximate surface area is 249 Å². The maximum atomic E-state index is 3.12. The van der Waals surface area contributed by atoms with Crippen LogP contribution in [0.25, 0.3) is 5.57 Å². The van der Waals surface area contributed by atoms with E-state index in [-0.39, 0.29) is 65.4 Å². The summed E-state index contributed by atoms with van der Waals surface area (Å²) < 4.78 is 0. The maximum absolute atomic E-state index is 3.12. The first kappa shape index (κ1) is 27.7. The number of hydrogen-bond donors (Lipinski definition) is 0. The van der Waals surface area contributed by atoms with Crippen LogP contribution in [0, 0.1) is 31.9 Å². The first-order valence-electron chi connectivity index (χ1n) is 10.5. The molecule has 0 aliphatic rings. The van der Waals surface area contributed by atoms with Crippen molar-refractivity contribution in [2.24, 2.45) is 0 Å². The molecular weight excluding hydrogens is 550 g/mol. The summed E-state index contributed by atoms with van der Waals surface area (Å²) in [5.41, 5.74) is 8.47. The zero-order valence-corrected chi connectivity index (χ0v) is 24.8. The van der Waals surface area contributed by atoms with Crippen molar-refractivity contribution in [3.8, 4) is 0 Å². The molecule has 0 unspecified atom stereocenters. The molecule has 2 heteroatoms. The van der Waals surface area contributed by atoms with Gasteiger partial charge >= 0.3 is 0 Å². The fourth-order valence-corrected chi connectivity index (χ4v) is 3.56. The van der Waals surface area contributed by atoms with E-state index in [1.165, 1.54) is 44.9 Å². The normalized spacial score (nSPS) is 10.9. The summed E-state index contributed by atoms with van der Waals surface area (Å²) in [5, 5.41) is 0. The average molecular weight is 575 g/mol. The standard InChI is InChI=1S/C31H25.2Y/c1-24-16-20-28(21-17-24)30(26-10-5-3-6-11-26)14-9-15-31(27-12-7-4-8-13-27)29-22-18-25(2)19-23-29;;/h5-23H,1-2H3;;/q-1;;. The van der Waals surface area contributed by atoms with E-state index in [2.05, 4.69) is 117 Å². The maximum Gasteiger partial charge on any atom is 0.0610 e. The van der Waals surface area contributed by atoms with Crippen molar-refractivity contribution < 1.29 is 65.4 Å². The van der Waals surface area contributed by atoms with Crippen LogP contribution in [0.3, 0.4) is 0 Å². The molecule has 0 nitrogen and oxygen atoms in total. The molecule has 0 fully saturated rings. The van der Waals surface area contributed by atoms with Gasteiger partial charge in [-0.1, -0.05) is 35.4 Å². The second kappa shape index (κ2) is 14.0. The molecule has 4 aromatic carbocycles. The second-order valence-corrected chi connectivity index (χ2v) is 7.66. The summed E-state index contributed by atoms with van der Waals surface area (Å²) in [5.74, 6) is 1.19. The predicted octanol–water partition coefficient (Wildman–Crippen LogP) is 7.56. The third kappa shape index (κ3) is 7.73. The number of hydrogen-bond acceptors (Lipinski definition) is 0. The molecule has 0 aliphatic carbocycles. The van der Waals surface area contributed by atoms with Crippen molar-refractivity contribution in [1.82, 2.24) is 0 Å². The smallest absolute Gasteiger partial charge is 0.0610 e. The van der Waals surface area contributed by atoms with E-state index in [0.29, 0.717) is 0 Å². The molecule has 2 radical (unpaired) electrons. The number of allylic oxidation sites excluding steroid dienone is 3. The molecule has 0 amide bonds. The monoisotopic (exact) mass is 575 g/mol. The van der Waals surface area contributed by atoms with Gasteiger partial charge in [-0.25, -0.2) is 0 Å². The van der Waals surface area contributed by atoms with Crippen LogP contribution in [-0.4, -0.2) is 0 Å². The molecule has 0 saturated heterocycles. The van der Waals surface area contributed by atoms with Crippen LogP contribution in [0.2, 0.25) is 0 Å². The van der Waals surface area contributed by atoms with Gasteiger partial charge in [0.25, 0.3) is 0 Å². The summed E-state index contributed by atoms with van der Waals surface area (Å²) >= 11 is 0. The van der Waals surface area contributed by atoms with E-state index in [0.717, 1.165) is 0 Å². The molecule has 4 rings (SSSR count). The van der Waals surface area contributed by atoms with Crippen LogP contribution in [0.1, 0.15) is 33.4 Å². The summed E-state index contributed by atoms with van der Waals surface area (Å²) in [6.07, 6.45) is 6.55. The molecule has 0 aliphatic heterocycles. The minimum atomic E-state index is 0. The Morgan fingerprint density at radius 1 is 0.606 bits per heavy atom. The molecule has 0 bridgehead atoms. The number of benzene rings is 4.